The van der Waals surface area contributed by atoms with Gasteiger partial charge >= 0.3 is 0 Å². The van der Waals surface area contributed by atoms with Crippen LogP contribution in [0, 0.1) is 5.41 Å². The van der Waals surface area contributed by atoms with E-state index in [4.69, 9.17) is 0 Å². The van der Waals surface area contributed by atoms with Crippen LogP contribution < -0.4 is 5.56 Å². The van der Waals surface area contributed by atoms with Crippen molar-refractivity contribution >= 4 is 0 Å². The summed E-state index contributed by atoms with van der Waals surface area (Å²) in [5.41, 5.74) is 0.573. The SMILES string of the molecule is CC(C)(C)Cc1nc(O)c(-c2ccccc2)c(=O)[nH]1. The van der Waals surface area contributed by atoms with E-state index in [1.165, 1.54) is 0 Å². The second kappa shape index (κ2) is 4.88. The van der Waals surface area contributed by atoms with Crippen LogP contribution in [0.4, 0.5) is 0 Å². The molecule has 100 valence electrons. The van der Waals surface area contributed by atoms with Crippen molar-refractivity contribution in [3.63, 3.8) is 0 Å². The molecule has 0 bridgehead atoms. The summed E-state index contributed by atoms with van der Waals surface area (Å²) in [7, 11) is 0. The van der Waals surface area contributed by atoms with Gasteiger partial charge in [0.15, 0.2) is 0 Å². The number of aromatic hydroxyl groups is 1. The molecule has 2 aromatic rings. The molecule has 4 nitrogen and oxygen atoms in total. The monoisotopic (exact) mass is 258 g/mol. The van der Waals surface area contributed by atoms with Crippen molar-refractivity contribution in [3.8, 4) is 17.0 Å². The van der Waals surface area contributed by atoms with E-state index < -0.39 is 0 Å². The van der Waals surface area contributed by atoms with E-state index in [1.54, 1.807) is 12.1 Å². The molecule has 0 saturated carbocycles. The average molecular weight is 258 g/mol. The number of H-pyrrole nitrogens is 1. The first-order chi connectivity index (χ1) is 8.87. The van der Waals surface area contributed by atoms with Crippen LogP contribution in [-0.4, -0.2) is 15.1 Å². The van der Waals surface area contributed by atoms with Crippen molar-refractivity contribution in [3.05, 3.63) is 46.5 Å². The molecule has 0 amide bonds. The Kier molecular flexibility index (Phi) is 3.42. The molecule has 2 rings (SSSR count). The van der Waals surface area contributed by atoms with Gasteiger partial charge in [0.25, 0.3) is 5.56 Å². The minimum atomic E-state index is -0.307. The molecule has 0 fully saturated rings. The van der Waals surface area contributed by atoms with E-state index in [9.17, 15) is 9.90 Å². The first-order valence-electron chi connectivity index (χ1n) is 6.24. The summed E-state index contributed by atoms with van der Waals surface area (Å²) in [6, 6.07) is 9.04. The van der Waals surface area contributed by atoms with Gasteiger partial charge in [0.2, 0.25) is 5.88 Å². The summed E-state index contributed by atoms with van der Waals surface area (Å²) >= 11 is 0. The van der Waals surface area contributed by atoms with E-state index in [2.05, 4.69) is 30.7 Å². The highest BCUT2D eigenvalue weighted by molar-refractivity contribution is 5.66. The summed E-state index contributed by atoms with van der Waals surface area (Å²) in [4.78, 5) is 18.9. The van der Waals surface area contributed by atoms with Crippen molar-refractivity contribution in [2.75, 3.05) is 0 Å². The maximum atomic E-state index is 12.1. The van der Waals surface area contributed by atoms with Crippen LogP contribution in [0.2, 0.25) is 0 Å². The van der Waals surface area contributed by atoms with Gasteiger partial charge in [-0.3, -0.25) is 4.79 Å². The zero-order valence-electron chi connectivity index (χ0n) is 11.4. The van der Waals surface area contributed by atoms with Crippen molar-refractivity contribution in [1.29, 1.82) is 0 Å². The predicted octanol–water partition coefficient (Wildman–Crippen LogP) is 2.73. The Morgan fingerprint density at radius 3 is 2.37 bits per heavy atom. The van der Waals surface area contributed by atoms with E-state index in [0.29, 0.717) is 17.8 Å². The summed E-state index contributed by atoms with van der Waals surface area (Å²) in [6.45, 7) is 6.15. The minimum absolute atomic E-state index is 0.00333. The lowest BCUT2D eigenvalue weighted by molar-refractivity contribution is 0.392. The van der Waals surface area contributed by atoms with Gasteiger partial charge < -0.3 is 10.1 Å². The first-order valence-corrected chi connectivity index (χ1v) is 6.24. The largest absolute Gasteiger partial charge is 0.493 e. The Labute approximate surface area is 112 Å². The highest BCUT2D eigenvalue weighted by Crippen LogP contribution is 2.24. The van der Waals surface area contributed by atoms with Crippen LogP contribution in [-0.2, 0) is 6.42 Å². The van der Waals surface area contributed by atoms with Crippen molar-refractivity contribution in [2.45, 2.75) is 27.2 Å². The van der Waals surface area contributed by atoms with Crippen LogP contribution in [0.25, 0.3) is 11.1 Å². The smallest absolute Gasteiger partial charge is 0.262 e. The molecule has 0 saturated heterocycles. The molecule has 19 heavy (non-hydrogen) atoms. The molecule has 1 aromatic heterocycles. The number of hydrogen-bond acceptors (Lipinski definition) is 3. The van der Waals surface area contributed by atoms with Gasteiger partial charge in [-0.05, 0) is 11.0 Å². The lowest BCUT2D eigenvalue weighted by Crippen LogP contribution is -2.18. The molecule has 1 heterocycles. The second-order valence-electron chi connectivity index (χ2n) is 5.81. The molecule has 0 aliphatic carbocycles. The second-order valence-corrected chi connectivity index (χ2v) is 5.81. The normalized spacial score (nSPS) is 11.5. The molecular weight excluding hydrogens is 240 g/mol. The van der Waals surface area contributed by atoms with Gasteiger partial charge in [0.05, 0.1) is 0 Å². The highest BCUT2D eigenvalue weighted by Gasteiger charge is 2.17. The average Bonchev–Trinajstić information content (AvgIpc) is 2.27. The first kappa shape index (κ1) is 13.3. The summed E-state index contributed by atoms with van der Waals surface area (Å²) in [5.74, 6) is 0.295. The van der Waals surface area contributed by atoms with Gasteiger partial charge in [-0.25, -0.2) is 0 Å². The van der Waals surface area contributed by atoms with E-state index in [1.807, 2.05) is 18.2 Å². The Bertz CT molecular complexity index is 625. The summed E-state index contributed by atoms with van der Waals surface area (Å²) < 4.78 is 0. The molecular formula is C15H18N2O2. The molecule has 0 atom stereocenters. The maximum absolute atomic E-state index is 12.1. The van der Waals surface area contributed by atoms with E-state index >= 15 is 0 Å². The third kappa shape index (κ3) is 3.22. The van der Waals surface area contributed by atoms with Gasteiger partial charge in [-0.1, -0.05) is 51.1 Å². The Balaban J connectivity index is 2.47. The molecule has 0 spiro atoms. The van der Waals surface area contributed by atoms with Crippen molar-refractivity contribution in [1.82, 2.24) is 9.97 Å². The van der Waals surface area contributed by atoms with E-state index in [-0.39, 0.29) is 22.4 Å². The van der Waals surface area contributed by atoms with Crippen LogP contribution in [0.3, 0.4) is 0 Å². The molecule has 0 aliphatic rings. The summed E-state index contributed by atoms with van der Waals surface area (Å²) in [6.07, 6.45) is 0.602. The fraction of sp³-hybridized carbons (Fsp3) is 0.333. The lowest BCUT2D eigenvalue weighted by atomic mass is 9.92. The fourth-order valence-electron chi connectivity index (χ4n) is 1.96. The number of nitrogens with one attached hydrogen (secondary N) is 1. The number of aromatic nitrogens is 2. The molecule has 4 heteroatoms. The van der Waals surface area contributed by atoms with E-state index in [0.717, 1.165) is 0 Å². The molecule has 2 N–H and O–H groups in total. The standard InChI is InChI=1S/C15H18N2O2/c1-15(2,3)9-11-16-13(18)12(14(19)17-11)10-7-5-4-6-8-10/h4-8H,9H2,1-3H3,(H2,16,17,18,19). The topological polar surface area (TPSA) is 66.0 Å². The molecule has 0 aliphatic heterocycles. The number of rotatable bonds is 2. The Morgan fingerprint density at radius 1 is 1.21 bits per heavy atom. The van der Waals surface area contributed by atoms with Crippen LogP contribution in [0.1, 0.15) is 26.6 Å². The van der Waals surface area contributed by atoms with Crippen LogP contribution >= 0.6 is 0 Å². The Hall–Kier alpha value is -2.10. The Morgan fingerprint density at radius 2 is 1.84 bits per heavy atom. The third-order valence-electron chi connectivity index (χ3n) is 2.71. The van der Waals surface area contributed by atoms with Crippen molar-refractivity contribution in [2.24, 2.45) is 5.41 Å². The highest BCUT2D eigenvalue weighted by atomic mass is 16.3. The van der Waals surface area contributed by atoms with Crippen LogP contribution in [0.15, 0.2) is 35.1 Å². The minimum Gasteiger partial charge on any atom is -0.493 e. The number of nitrogens with zero attached hydrogens (tertiary/aromatic N) is 1. The molecule has 1 aromatic carbocycles. The zero-order chi connectivity index (χ0) is 14.0. The molecule has 0 unspecified atom stereocenters. The third-order valence-corrected chi connectivity index (χ3v) is 2.71. The van der Waals surface area contributed by atoms with Gasteiger partial charge in [-0.15, -0.1) is 0 Å². The van der Waals surface area contributed by atoms with Gasteiger partial charge in [-0.2, -0.15) is 4.98 Å². The number of aromatic amines is 1. The maximum Gasteiger partial charge on any atom is 0.262 e. The van der Waals surface area contributed by atoms with Gasteiger partial charge in [0, 0.05) is 6.42 Å². The fourth-order valence-corrected chi connectivity index (χ4v) is 1.96. The zero-order valence-corrected chi connectivity index (χ0v) is 11.4. The number of hydrogen-bond donors (Lipinski definition) is 2. The van der Waals surface area contributed by atoms with Crippen molar-refractivity contribution < 1.29 is 5.11 Å². The lowest BCUT2D eigenvalue weighted by Gasteiger charge is -2.17. The van der Waals surface area contributed by atoms with Gasteiger partial charge in [0.1, 0.15) is 11.4 Å². The quantitative estimate of drug-likeness (QED) is 0.870. The predicted molar refractivity (Wildman–Crippen MR) is 75.1 cm³/mol. The van der Waals surface area contributed by atoms with Crippen LogP contribution in [0.5, 0.6) is 5.88 Å². The number of benzene rings is 1. The summed E-state index contributed by atoms with van der Waals surface area (Å²) in [5, 5.41) is 9.99. The molecule has 0 radical (unpaired) electrons.